The average molecular weight is 255 g/mol. The van der Waals surface area contributed by atoms with Crippen molar-refractivity contribution in [1.29, 1.82) is 0 Å². The number of carbonyl (C=O) groups excluding carboxylic acids is 1. The lowest BCUT2D eigenvalue weighted by Crippen LogP contribution is -2.25. The molecule has 0 spiro atoms. The van der Waals surface area contributed by atoms with Crippen molar-refractivity contribution in [3.8, 4) is 0 Å². The molecule has 0 aliphatic heterocycles. The maximum Gasteiger partial charge on any atom is 0.251 e. The molecule has 0 unspecified atom stereocenters. The van der Waals surface area contributed by atoms with Crippen molar-refractivity contribution < 1.29 is 9.90 Å². The van der Waals surface area contributed by atoms with Crippen LogP contribution in [0.25, 0.3) is 0 Å². The van der Waals surface area contributed by atoms with Crippen LogP contribution in [-0.4, -0.2) is 17.6 Å². The molecule has 0 heterocycles. The van der Waals surface area contributed by atoms with Gasteiger partial charge in [0, 0.05) is 12.1 Å². The fourth-order valence-electron chi connectivity index (χ4n) is 1.86. The molecule has 3 heteroatoms. The third kappa shape index (κ3) is 3.93. The Bertz CT molecular complexity index is 511. The predicted molar refractivity (Wildman–Crippen MR) is 74.8 cm³/mol. The highest BCUT2D eigenvalue weighted by Crippen LogP contribution is 2.14. The molecule has 2 aromatic carbocycles. The molecular weight excluding hydrogens is 238 g/mol. The molecule has 0 fully saturated rings. The first-order chi connectivity index (χ1) is 9.27. The van der Waals surface area contributed by atoms with Crippen molar-refractivity contribution in [3.05, 3.63) is 71.8 Å². The van der Waals surface area contributed by atoms with Crippen LogP contribution in [0.2, 0.25) is 0 Å². The Morgan fingerprint density at radius 3 is 2.21 bits per heavy atom. The summed E-state index contributed by atoms with van der Waals surface area (Å²) in [6.45, 7) is 0.448. The fraction of sp³-hybridized carbons (Fsp3) is 0.188. The molecule has 1 atom stereocenters. The Morgan fingerprint density at radius 2 is 1.58 bits per heavy atom. The van der Waals surface area contributed by atoms with Crippen LogP contribution in [0, 0.1) is 0 Å². The monoisotopic (exact) mass is 255 g/mol. The van der Waals surface area contributed by atoms with E-state index in [1.165, 1.54) is 0 Å². The number of carbonyl (C=O) groups is 1. The first kappa shape index (κ1) is 13.3. The number of aliphatic hydroxyl groups excluding tert-OH is 1. The molecule has 2 aromatic rings. The lowest BCUT2D eigenvalue weighted by Gasteiger charge is -2.11. The molecule has 0 bridgehead atoms. The van der Waals surface area contributed by atoms with Gasteiger partial charge in [0.2, 0.25) is 0 Å². The van der Waals surface area contributed by atoms with Gasteiger partial charge in [-0.1, -0.05) is 48.5 Å². The number of benzene rings is 2. The van der Waals surface area contributed by atoms with Crippen molar-refractivity contribution in [2.24, 2.45) is 0 Å². The summed E-state index contributed by atoms with van der Waals surface area (Å²) < 4.78 is 0. The number of hydrogen-bond donors (Lipinski definition) is 2. The molecule has 19 heavy (non-hydrogen) atoms. The normalized spacial score (nSPS) is 11.8. The van der Waals surface area contributed by atoms with Crippen molar-refractivity contribution >= 4 is 5.91 Å². The molecule has 98 valence electrons. The maximum absolute atomic E-state index is 11.8. The molecule has 0 aromatic heterocycles. The van der Waals surface area contributed by atoms with Gasteiger partial charge in [0.1, 0.15) is 0 Å². The van der Waals surface area contributed by atoms with Gasteiger partial charge < -0.3 is 10.4 Å². The highest BCUT2D eigenvalue weighted by Gasteiger charge is 2.08. The van der Waals surface area contributed by atoms with E-state index in [0.717, 1.165) is 5.56 Å². The van der Waals surface area contributed by atoms with Gasteiger partial charge in [0.05, 0.1) is 6.10 Å². The summed E-state index contributed by atoms with van der Waals surface area (Å²) in [4.78, 5) is 11.8. The van der Waals surface area contributed by atoms with E-state index in [1.807, 2.05) is 48.5 Å². The van der Waals surface area contributed by atoms with Gasteiger partial charge in [-0.25, -0.2) is 0 Å². The number of hydrogen-bond acceptors (Lipinski definition) is 2. The summed E-state index contributed by atoms with van der Waals surface area (Å²) in [5.74, 6) is -0.110. The SMILES string of the molecule is O=C(NCC[C@H](O)c1ccccc1)c1ccccc1. The molecule has 0 aliphatic rings. The van der Waals surface area contributed by atoms with Gasteiger partial charge in [0.15, 0.2) is 0 Å². The van der Waals surface area contributed by atoms with E-state index in [2.05, 4.69) is 5.32 Å². The minimum Gasteiger partial charge on any atom is -0.388 e. The Hall–Kier alpha value is -2.13. The van der Waals surface area contributed by atoms with Crippen LogP contribution in [0.15, 0.2) is 60.7 Å². The second kappa shape index (κ2) is 6.71. The van der Waals surface area contributed by atoms with Gasteiger partial charge in [0.25, 0.3) is 5.91 Å². The second-order valence-corrected chi connectivity index (χ2v) is 4.34. The van der Waals surface area contributed by atoms with Crippen LogP contribution >= 0.6 is 0 Å². The summed E-state index contributed by atoms with van der Waals surface area (Å²) in [6.07, 6.45) is -0.0416. The Balaban J connectivity index is 1.79. The molecular formula is C16H17NO2. The lowest BCUT2D eigenvalue weighted by molar-refractivity contribution is 0.0942. The van der Waals surface area contributed by atoms with E-state index in [1.54, 1.807) is 12.1 Å². The summed E-state index contributed by atoms with van der Waals surface area (Å²) in [6, 6.07) is 18.5. The zero-order valence-electron chi connectivity index (χ0n) is 10.6. The molecule has 1 amide bonds. The molecule has 2 rings (SSSR count). The first-order valence-electron chi connectivity index (χ1n) is 6.33. The Labute approximate surface area is 112 Å². The third-order valence-corrected chi connectivity index (χ3v) is 2.92. The van der Waals surface area contributed by atoms with E-state index < -0.39 is 6.10 Å². The lowest BCUT2D eigenvalue weighted by atomic mass is 10.1. The van der Waals surface area contributed by atoms with Gasteiger partial charge >= 0.3 is 0 Å². The van der Waals surface area contributed by atoms with Crippen LogP contribution < -0.4 is 5.32 Å². The molecule has 0 saturated heterocycles. The fourth-order valence-corrected chi connectivity index (χ4v) is 1.86. The molecule has 2 N–H and O–H groups in total. The number of aliphatic hydroxyl groups is 1. The van der Waals surface area contributed by atoms with Gasteiger partial charge in [-0.2, -0.15) is 0 Å². The highest BCUT2D eigenvalue weighted by atomic mass is 16.3. The highest BCUT2D eigenvalue weighted by molar-refractivity contribution is 5.94. The summed E-state index contributed by atoms with van der Waals surface area (Å²) in [5.41, 5.74) is 1.51. The summed E-state index contributed by atoms with van der Waals surface area (Å²) in [5, 5.41) is 12.8. The van der Waals surface area contributed by atoms with Crippen LogP contribution in [0.1, 0.15) is 28.4 Å². The number of amides is 1. The Morgan fingerprint density at radius 1 is 1.00 bits per heavy atom. The Kier molecular flexibility index (Phi) is 4.70. The van der Waals surface area contributed by atoms with Gasteiger partial charge in [-0.3, -0.25) is 4.79 Å². The van der Waals surface area contributed by atoms with Crippen LogP contribution in [0.4, 0.5) is 0 Å². The van der Waals surface area contributed by atoms with E-state index in [-0.39, 0.29) is 5.91 Å². The topological polar surface area (TPSA) is 49.3 Å². The molecule has 3 nitrogen and oxygen atoms in total. The number of nitrogens with one attached hydrogen (secondary N) is 1. The van der Waals surface area contributed by atoms with E-state index >= 15 is 0 Å². The van der Waals surface area contributed by atoms with Gasteiger partial charge in [-0.05, 0) is 24.1 Å². The summed E-state index contributed by atoms with van der Waals surface area (Å²) >= 11 is 0. The van der Waals surface area contributed by atoms with Crippen LogP contribution in [0.3, 0.4) is 0 Å². The van der Waals surface area contributed by atoms with E-state index in [4.69, 9.17) is 0 Å². The zero-order chi connectivity index (χ0) is 13.5. The molecule has 0 aliphatic carbocycles. The smallest absolute Gasteiger partial charge is 0.251 e. The van der Waals surface area contributed by atoms with E-state index in [9.17, 15) is 9.90 Å². The maximum atomic E-state index is 11.8. The largest absolute Gasteiger partial charge is 0.388 e. The zero-order valence-corrected chi connectivity index (χ0v) is 10.6. The van der Waals surface area contributed by atoms with Crippen molar-refractivity contribution in [3.63, 3.8) is 0 Å². The first-order valence-corrected chi connectivity index (χ1v) is 6.33. The molecule has 0 radical (unpaired) electrons. The van der Waals surface area contributed by atoms with Crippen molar-refractivity contribution in [1.82, 2.24) is 5.32 Å². The van der Waals surface area contributed by atoms with Gasteiger partial charge in [-0.15, -0.1) is 0 Å². The minimum atomic E-state index is -0.544. The predicted octanol–water partition coefficient (Wildman–Crippen LogP) is 2.54. The standard InChI is InChI=1S/C16H17NO2/c18-15(13-7-3-1-4-8-13)11-12-17-16(19)14-9-5-2-6-10-14/h1-10,15,18H,11-12H2,(H,17,19)/t15-/m0/s1. The van der Waals surface area contributed by atoms with Crippen molar-refractivity contribution in [2.75, 3.05) is 6.54 Å². The van der Waals surface area contributed by atoms with Crippen LogP contribution in [-0.2, 0) is 0 Å². The summed E-state index contributed by atoms with van der Waals surface area (Å²) in [7, 11) is 0. The minimum absolute atomic E-state index is 0.110. The molecule has 0 saturated carbocycles. The quantitative estimate of drug-likeness (QED) is 0.862. The average Bonchev–Trinajstić information content (AvgIpc) is 2.49. The number of rotatable bonds is 5. The second-order valence-electron chi connectivity index (χ2n) is 4.34. The third-order valence-electron chi connectivity index (χ3n) is 2.92. The van der Waals surface area contributed by atoms with Crippen molar-refractivity contribution in [2.45, 2.75) is 12.5 Å². The van der Waals surface area contributed by atoms with E-state index in [0.29, 0.717) is 18.5 Å². The van der Waals surface area contributed by atoms with Crippen LogP contribution in [0.5, 0.6) is 0 Å².